The summed E-state index contributed by atoms with van der Waals surface area (Å²) in [4.78, 5) is 39.2. The van der Waals surface area contributed by atoms with Gasteiger partial charge in [0.2, 0.25) is 0 Å². The molecule has 2 rings (SSSR count). The number of amides is 1. The van der Waals surface area contributed by atoms with Gasteiger partial charge in [-0.15, -0.1) is 0 Å². The van der Waals surface area contributed by atoms with Crippen LogP contribution < -0.4 is 0 Å². The van der Waals surface area contributed by atoms with Crippen molar-refractivity contribution >= 4 is 17.8 Å². The summed E-state index contributed by atoms with van der Waals surface area (Å²) in [7, 11) is 0. The first-order chi connectivity index (χ1) is 14.5. The molecule has 0 unspecified atom stereocenters. The maximum atomic E-state index is 13.1. The fourth-order valence-corrected chi connectivity index (χ4v) is 3.41. The number of carbonyl (C=O) groups is 3. The number of ether oxygens (including phenoxy) is 2. The first-order valence-electron chi connectivity index (χ1n) is 10.9. The molecule has 6 heteroatoms. The summed E-state index contributed by atoms with van der Waals surface area (Å²) in [6.45, 7) is 6.01. The second-order valence-corrected chi connectivity index (χ2v) is 7.63. The molecule has 1 aliphatic rings. The minimum Gasteiger partial charge on any atom is -0.464 e. The molecular formula is C24H33NO5. The Bertz CT molecular complexity index is 712. The molecule has 1 aromatic rings. The smallest absolute Gasteiger partial charge is 0.332 e. The van der Waals surface area contributed by atoms with Gasteiger partial charge >= 0.3 is 11.9 Å². The Morgan fingerprint density at radius 3 is 2.40 bits per heavy atom. The lowest BCUT2D eigenvalue weighted by atomic mass is 10.1. The van der Waals surface area contributed by atoms with Gasteiger partial charge < -0.3 is 14.4 Å². The number of rotatable bonds is 14. The maximum Gasteiger partial charge on any atom is 0.332 e. The number of esters is 2. The molecule has 0 N–H and O–H groups in total. The average molecular weight is 416 g/mol. The van der Waals surface area contributed by atoms with Crippen LogP contribution in [-0.4, -0.2) is 48.0 Å². The van der Waals surface area contributed by atoms with E-state index in [9.17, 15) is 14.4 Å². The van der Waals surface area contributed by atoms with E-state index < -0.39 is 11.5 Å². The van der Waals surface area contributed by atoms with Crippen molar-refractivity contribution in [1.82, 2.24) is 4.90 Å². The standard InChI is InChI=1S/C24H33NO5/c1-3-5-6-7-11-14-21(26)29-19-17-25(22(27)20-12-9-8-10-13-20)24(15-16-24)23(28)30-18-4-2/h4,8-10,12-13H,2-3,5-7,11,14-19H2,1H3. The SMILES string of the molecule is C=CCOC(=O)C1(N(CCOC(=O)CCCCCCC)C(=O)c2ccccc2)CC1. The zero-order chi connectivity index (χ0) is 21.8. The third kappa shape index (κ3) is 6.71. The van der Waals surface area contributed by atoms with Crippen molar-refractivity contribution in [3.05, 3.63) is 48.6 Å². The monoisotopic (exact) mass is 415 g/mol. The van der Waals surface area contributed by atoms with E-state index in [0.29, 0.717) is 24.8 Å². The summed E-state index contributed by atoms with van der Waals surface area (Å²) in [5.74, 6) is -0.967. The fraction of sp³-hybridized carbons (Fsp3) is 0.542. The van der Waals surface area contributed by atoms with Gasteiger partial charge in [0, 0.05) is 12.0 Å². The highest BCUT2D eigenvalue weighted by atomic mass is 16.5. The molecule has 0 atom stereocenters. The molecule has 1 aromatic carbocycles. The van der Waals surface area contributed by atoms with E-state index in [2.05, 4.69) is 13.5 Å². The Morgan fingerprint density at radius 1 is 1.07 bits per heavy atom. The molecule has 1 amide bonds. The van der Waals surface area contributed by atoms with Crippen LogP contribution >= 0.6 is 0 Å². The highest BCUT2D eigenvalue weighted by molar-refractivity contribution is 5.99. The van der Waals surface area contributed by atoms with Gasteiger partial charge in [-0.1, -0.05) is 63.5 Å². The molecule has 6 nitrogen and oxygen atoms in total. The van der Waals surface area contributed by atoms with Crippen LogP contribution in [-0.2, 0) is 19.1 Å². The molecule has 1 fully saturated rings. The summed E-state index contributed by atoms with van der Waals surface area (Å²) in [6.07, 6.45) is 8.23. The molecule has 0 radical (unpaired) electrons. The number of nitrogens with zero attached hydrogens (tertiary/aromatic N) is 1. The summed E-state index contributed by atoms with van der Waals surface area (Å²) >= 11 is 0. The Kier molecular flexibility index (Phi) is 9.58. The highest BCUT2D eigenvalue weighted by Gasteiger charge is 2.57. The van der Waals surface area contributed by atoms with Crippen LogP contribution in [0.1, 0.15) is 68.6 Å². The van der Waals surface area contributed by atoms with Crippen LogP contribution in [0.15, 0.2) is 43.0 Å². The molecule has 0 spiro atoms. The van der Waals surface area contributed by atoms with E-state index in [0.717, 1.165) is 25.7 Å². The van der Waals surface area contributed by atoms with E-state index in [1.165, 1.54) is 17.4 Å². The average Bonchev–Trinajstić information content (AvgIpc) is 3.57. The maximum absolute atomic E-state index is 13.1. The predicted octanol–water partition coefficient (Wildman–Crippen LogP) is 4.29. The number of benzene rings is 1. The second-order valence-electron chi connectivity index (χ2n) is 7.63. The first-order valence-corrected chi connectivity index (χ1v) is 10.9. The number of hydrogen-bond acceptors (Lipinski definition) is 5. The van der Waals surface area contributed by atoms with Crippen LogP contribution in [0.5, 0.6) is 0 Å². The zero-order valence-corrected chi connectivity index (χ0v) is 17.9. The van der Waals surface area contributed by atoms with Crippen molar-refractivity contribution in [1.29, 1.82) is 0 Å². The second kappa shape index (κ2) is 12.2. The van der Waals surface area contributed by atoms with Gasteiger partial charge in [0.25, 0.3) is 5.91 Å². The third-order valence-corrected chi connectivity index (χ3v) is 5.28. The van der Waals surface area contributed by atoms with Crippen molar-refractivity contribution in [3.8, 4) is 0 Å². The Hall–Kier alpha value is -2.63. The molecule has 0 bridgehead atoms. The Labute approximate surface area is 179 Å². The summed E-state index contributed by atoms with van der Waals surface area (Å²) in [6, 6.07) is 8.80. The van der Waals surface area contributed by atoms with Crippen molar-refractivity contribution in [2.75, 3.05) is 19.8 Å². The summed E-state index contributed by atoms with van der Waals surface area (Å²) in [5, 5.41) is 0. The first kappa shape index (κ1) is 23.6. The van der Waals surface area contributed by atoms with E-state index in [1.54, 1.807) is 24.3 Å². The number of carbonyl (C=O) groups excluding carboxylic acids is 3. The fourth-order valence-electron chi connectivity index (χ4n) is 3.41. The number of unbranched alkanes of at least 4 members (excludes halogenated alkanes) is 4. The summed E-state index contributed by atoms with van der Waals surface area (Å²) < 4.78 is 10.6. The van der Waals surface area contributed by atoms with Crippen molar-refractivity contribution < 1.29 is 23.9 Å². The van der Waals surface area contributed by atoms with Crippen molar-refractivity contribution in [2.45, 2.75) is 63.8 Å². The van der Waals surface area contributed by atoms with Gasteiger partial charge in [0.1, 0.15) is 18.8 Å². The molecular weight excluding hydrogens is 382 g/mol. The van der Waals surface area contributed by atoms with Crippen LogP contribution in [0.2, 0.25) is 0 Å². The lowest BCUT2D eigenvalue weighted by molar-refractivity contribution is -0.150. The lowest BCUT2D eigenvalue weighted by Crippen LogP contribution is -2.49. The van der Waals surface area contributed by atoms with Crippen LogP contribution in [0, 0.1) is 0 Å². The highest BCUT2D eigenvalue weighted by Crippen LogP contribution is 2.43. The van der Waals surface area contributed by atoms with Gasteiger partial charge in [-0.25, -0.2) is 4.79 Å². The Morgan fingerprint density at radius 2 is 1.77 bits per heavy atom. The topological polar surface area (TPSA) is 72.9 Å². The van der Waals surface area contributed by atoms with Gasteiger partial charge in [-0.05, 0) is 31.4 Å². The summed E-state index contributed by atoms with van der Waals surface area (Å²) in [5.41, 5.74) is -0.495. The van der Waals surface area contributed by atoms with E-state index in [4.69, 9.17) is 9.47 Å². The van der Waals surface area contributed by atoms with Gasteiger partial charge in [0.15, 0.2) is 0 Å². The largest absolute Gasteiger partial charge is 0.464 e. The van der Waals surface area contributed by atoms with E-state index >= 15 is 0 Å². The van der Waals surface area contributed by atoms with Crippen molar-refractivity contribution in [3.63, 3.8) is 0 Å². The van der Waals surface area contributed by atoms with Crippen molar-refractivity contribution in [2.24, 2.45) is 0 Å². The third-order valence-electron chi connectivity index (χ3n) is 5.28. The van der Waals surface area contributed by atoms with Crippen LogP contribution in [0.25, 0.3) is 0 Å². The van der Waals surface area contributed by atoms with Crippen LogP contribution in [0.4, 0.5) is 0 Å². The molecule has 164 valence electrons. The van der Waals surface area contributed by atoms with E-state index in [1.807, 2.05) is 6.07 Å². The Balaban J connectivity index is 1.96. The quantitative estimate of drug-likeness (QED) is 0.257. The molecule has 0 saturated heterocycles. The molecule has 1 aliphatic carbocycles. The number of hydrogen-bond donors (Lipinski definition) is 0. The molecule has 1 saturated carbocycles. The van der Waals surface area contributed by atoms with Gasteiger partial charge in [0.05, 0.1) is 6.54 Å². The van der Waals surface area contributed by atoms with Crippen LogP contribution in [0.3, 0.4) is 0 Å². The predicted molar refractivity (Wildman–Crippen MR) is 115 cm³/mol. The molecule has 0 aliphatic heterocycles. The van der Waals surface area contributed by atoms with Gasteiger partial charge in [-0.3, -0.25) is 9.59 Å². The lowest BCUT2D eigenvalue weighted by Gasteiger charge is -2.30. The van der Waals surface area contributed by atoms with E-state index in [-0.39, 0.29) is 31.6 Å². The minimum absolute atomic E-state index is 0.0584. The minimum atomic E-state index is -0.984. The van der Waals surface area contributed by atoms with Gasteiger partial charge in [-0.2, -0.15) is 0 Å². The zero-order valence-electron chi connectivity index (χ0n) is 17.9. The molecule has 0 heterocycles. The molecule has 0 aromatic heterocycles. The normalized spacial score (nSPS) is 13.9. The molecule has 30 heavy (non-hydrogen) atoms.